The molecule has 0 spiro atoms. The smallest absolute Gasteiger partial charge is 0.416 e. The first kappa shape index (κ1) is 50.9. The van der Waals surface area contributed by atoms with Gasteiger partial charge in [0.05, 0.1) is 96.1 Å². The number of unbranched alkanes of at least 4 members (excludes halogenated alkanes) is 12. The molecule has 2 aromatic carbocycles. The highest BCUT2D eigenvalue weighted by Gasteiger charge is 2.30. The zero-order chi connectivity index (χ0) is 41.8. The maximum absolute atomic E-state index is 13.1. The third-order valence-corrected chi connectivity index (χ3v) is 8.91. The molecule has 0 atom stereocenters. The second-order valence-electron chi connectivity index (χ2n) is 13.8. The molecule has 0 radical (unpaired) electrons. The lowest BCUT2D eigenvalue weighted by molar-refractivity contribution is -0.145. The van der Waals surface area contributed by atoms with Gasteiger partial charge in [-0.3, -0.25) is 4.79 Å². The SMILES string of the molecule is CCCCCCCCCCCCCCCC(=O)OCCOCCOCCOCCOCCOCCOCCOC(=O)c1ccccc1Nc1cccc(C(F)(F)F)c1. The number of halogens is 3. The molecule has 0 aliphatic rings. The molecule has 0 aliphatic heterocycles. The van der Waals surface area contributed by atoms with E-state index in [0.717, 1.165) is 25.0 Å². The van der Waals surface area contributed by atoms with E-state index >= 15 is 0 Å². The normalized spacial score (nSPS) is 11.5. The number of para-hydroxylation sites is 1. The van der Waals surface area contributed by atoms with Gasteiger partial charge in [-0.05, 0) is 36.8 Å². The molecule has 0 amide bonds. The van der Waals surface area contributed by atoms with Crippen LogP contribution in [0.3, 0.4) is 0 Å². The number of hydrogen-bond donors (Lipinski definition) is 1. The van der Waals surface area contributed by atoms with E-state index in [0.29, 0.717) is 84.8 Å². The first-order valence-corrected chi connectivity index (χ1v) is 21.1. The van der Waals surface area contributed by atoms with Gasteiger partial charge in [-0.15, -0.1) is 0 Å². The minimum atomic E-state index is -4.48. The van der Waals surface area contributed by atoms with Gasteiger partial charge in [-0.2, -0.15) is 13.2 Å². The summed E-state index contributed by atoms with van der Waals surface area (Å²) in [4.78, 5) is 24.5. The fourth-order valence-corrected chi connectivity index (χ4v) is 5.75. The van der Waals surface area contributed by atoms with Crippen molar-refractivity contribution in [2.45, 2.75) is 103 Å². The summed E-state index contributed by atoms with van der Waals surface area (Å²) < 4.78 is 82.5. The molecule has 330 valence electrons. The number of hydrogen-bond acceptors (Lipinski definition) is 11. The number of benzene rings is 2. The summed E-state index contributed by atoms with van der Waals surface area (Å²) in [7, 11) is 0. The van der Waals surface area contributed by atoms with Crippen LogP contribution in [0.5, 0.6) is 0 Å². The summed E-state index contributed by atoms with van der Waals surface area (Å²) in [5.41, 5.74) is -0.0909. The van der Waals surface area contributed by atoms with Crippen LogP contribution in [0.4, 0.5) is 24.5 Å². The fraction of sp³-hybridized carbons (Fsp3) is 0.682. The van der Waals surface area contributed by atoms with Gasteiger partial charge in [0.2, 0.25) is 0 Å². The molecule has 2 rings (SSSR count). The van der Waals surface area contributed by atoms with Gasteiger partial charge in [0, 0.05) is 12.1 Å². The Morgan fingerprint density at radius 1 is 0.517 bits per heavy atom. The summed E-state index contributed by atoms with van der Waals surface area (Å²) >= 11 is 0. The second kappa shape index (κ2) is 34.6. The lowest BCUT2D eigenvalue weighted by Crippen LogP contribution is -2.16. The Morgan fingerprint density at radius 2 is 0.948 bits per heavy atom. The predicted octanol–water partition coefficient (Wildman–Crippen LogP) is 9.73. The third kappa shape index (κ3) is 27.4. The monoisotopic (exact) mass is 827 g/mol. The van der Waals surface area contributed by atoms with Crippen LogP contribution < -0.4 is 5.32 Å². The number of alkyl halides is 3. The molecular formula is C44H68F3NO10. The number of nitrogens with one attached hydrogen (secondary N) is 1. The van der Waals surface area contributed by atoms with E-state index in [1.54, 1.807) is 18.2 Å². The van der Waals surface area contributed by atoms with Crippen LogP contribution in [0.2, 0.25) is 0 Å². The number of carbonyl (C=O) groups is 2. The quantitative estimate of drug-likeness (QED) is 0.0515. The lowest BCUT2D eigenvalue weighted by Gasteiger charge is -2.13. The van der Waals surface area contributed by atoms with Crippen molar-refractivity contribution in [1.82, 2.24) is 0 Å². The highest BCUT2D eigenvalue weighted by atomic mass is 19.4. The maximum Gasteiger partial charge on any atom is 0.416 e. The van der Waals surface area contributed by atoms with Crippen LogP contribution in [0.25, 0.3) is 0 Å². The van der Waals surface area contributed by atoms with E-state index < -0.39 is 17.7 Å². The molecule has 2 aromatic rings. The molecule has 0 bridgehead atoms. The minimum Gasteiger partial charge on any atom is -0.463 e. The maximum atomic E-state index is 13.1. The van der Waals surface area contributed by atoms with E-state index in [9.17, 15) is 22.8 Å². The summed E-state index contributed by atoms with van der Waals surface area (Å²) in [5.74, 6) is -0.785. The van der Waals surface area contributed by atoms with Crippen LogP contribution in [-0.4, -0.2) is 104 Å². The summed E-state index contributed by atoms with van der Waals surface area (Å²) in [6.07, 6.45) is 12.6. The largest absolute Gasteiger partial charge is 0.463 e. The van der Waals surface area contributed by atoms with E-state index in [1.807, 2.05) is 0 Å². The molecule has 0 saturated carbocycles. The first-order valence-electron chi connectivity index (χ1n) is 21.1. The van der Waals surface area contributed by atoms with Gasteiger partial charge in [0.1, 0.15) is 13.2 Å². The van der Waals surface area contributed by atoms with Gasteiger partial charge < -0.3 is 43.2 Å². The molecule has 0 fully saturated rings. The molecular weight excluding hydrogens is 759 g/mol. The Hall–Kier alpha value is -3.27. The number of carbonyl (C=O) groups excluding carboxylic acids is 2. The Kier molecular flexibility index (Phi) is 30.3. The molecule has 0 saturated heterocycles. The summed E-state index contributed by atoms with van der Waals surface area (Å²) in [6, 6.07) is 11.1. The molecule has 14 heteroatoms. The Balaban J connectivity index is 1.28. The number of anilines is 2. The van der Waals surface area contributed by atoms with Crippen molar-refractivity contribution in [3.63, 3.8) is 0 Å². The van der Waals surface area contributed by atoms with Crippen LogP contribution in [-0.2, 0) is 48.9 Å². The van der Waals surface area contributed by atoms with Gasteiger partial charge in [0.15, 0.2) is 0 Å². The van der Waals surface area contributed by atoms with Crippen molar-refractivity contribution in [3.05, 3.63) is 59.7 Å². The number of ether oxygens (including phenoxy) is 8. The standard InChI is InChI=1S/C44H68F3NO10/c1-2-3-4-5-6-7-8-9-10-11-12-13-14-22-42(49)57-35-33-55-31-29-53-27-25-51-23-24-52-26-28-54-30-32-56-34-36-58-43(50)40-20-15-16-21-41(40)48-39-19-17-18-38(37-39)44(45,46)47/h15-21,37,48H,2-14,22-36H2,1H3. The Labute approximate surface area is 343 Å². The molecule has 11 nitrogen and oxygen atoms in total. The number of rotatable bonds is 38. The average molecular weight is 828 g/mol. The zero-order valence-corrected chi connectivity index (χ0v) is 34.6. The van der Waals surface area contributed by atoms with Gasteiger partial charge >= 0.3 is 18.1 Å². The van der Waals surface area contributed by atoms with E-state index in [4.69, 9.17) is 37.9 Å². The third-order valence-electron chi connectivity index (χ3n) is 8.91. The molecule has 0 aromatic heterocycles. The van der Waals surface area contributed by atoms with Crippen molar-refractivity contribution in [3.8, 4) is 0 Å². The van der Waals surface area contributed by atoms with Crippen molar-refractivity contribution in [2.24, 2.45) is 0 Å². The zero-order valence-electron chi connectivity index (χ0n) is 34.6. The van der Waals surface area contributed by atoms with Crippen LogP contribution in [0, 0.1) is 0 Å². The van der Waals surface area contributed by atoms with Crippen molar-refractivity contribution in [2.75, 3.05) is 97.8 Å². The number of esters is 2. The minimum absolute atomic E-state index is 0.00309. The topological polar surface area (TPSA) is 120 Å². The van der Waals surface area contributed by atoms with E-state index in [1.165, 1.54) is 88.8 Å². The summed E-state index contributed by atoms with van der Waals surface area (Å²) in [6.45, 7) is 7.01. The fourth-order valence-electron chi connectivity index (χ4n) is 5.75. The second-order valence-corrected chi connectivity index (χ2v) is 13.8. The van der Waals surface area contributed by atoms with Gasteiger partial charge in [0.25, 0.3) is 0 Å². The molecule has 58 heavy (non-hydrogen) atoms. The van der Waals surface area contributed by atoms with Crippen LogP contribution in [0.1, 0.15) is 113 Å². The van der Waals surface area contributed by atoms with Crippen LogP contribution in [0.15, 0.2) is 48.5 Å². The Bertz CT molecular complexity index is 1320. The van der Waals surface area contributed by atoms with Crippen molar-refractivity contribution < 1.29 is 60.7 Å². The summed E-state index contributed by atoms with van der Waals surface area (Å²) in [5, 5.41) is 2.86. The molecule has 0 aliphatic carbocycles. The van der Waals surface area contributed by atoms with Crippen LogP contribution >= 0.6 is 0 Å². The molecule has 0 unspecified atom stereocenters. The lowest BCUT2D eigenvalue weighted by atomic mass is 10.0. The van der Waals surface area contributed by atoms with E-state index in [-0.39, 0.29) is 37.0 Å². The highest BCUT2D eigenvalue weighted by molar-refractivity contribution is 5.96. The van der Waals surface area contributed by atoms with E-state index in [2.05, 4.69) is 12.2 Å². The molecule has 1 N–H and O–H groups in total. The Morgan fingerprint density at radius 3 is 1.43 bits per heavy atom. The van der Waals surface area contributed by atoms with Crippen molar-refractivity contribution in [1.29, 1.82) is 0 Å². The van der Waals surface area contributed by atoms with Crippen molar-refractivity contribution >= 4 is 23.3 Å². The average Bonchev–Trinajstić information content (AvgIpc) is 3.21. The predicted molar refractivity (Wildman–Crippen MR) is 218 cm³/mol. The van der Waals surface area contributed by atoms with Gasteiger partial charge in [-0.25, -0.2) is 4.79 Å². The molecule has 0 heterocycles. The van der Waals surface area contributed by atoms with Gasteiger partial charge in [-0.1, -0.05) is 102 Å². The highest BCUT2D eigenvalue weighted by Crippen LogP contribution is 2.32. The first-order chi connectivity index (χ1) is 28.3.